The van der Waals surface area contributed by atoms with Crippen molar-refractivity contribution >= 4 is 5.91 Å². The van der Waals surface area contributed by atoms with E-state index < -0.39 is 5.54 Å². The van der Waals surface area contributed by atoms with Gasteiger partial charge >= 0.3 is 0 Å². The lowest BCUT2D eigenvalue weighted by molar-refractivity contribution is -0.122. The third-order valence-electron chi connectivity index (χ3n) is 5.95. The minimum atomic E-state index is -0.432. The lowest BCUT2D eigenvalue weighted by atomic mass is 9.62. The summed E-state index contributed by atoms with van der Waals surface area (Å²) in [5.41, 5.74) is 5.54. The van der Waals surface area contributed by atoms with Gasteiger partial charge in [-0.3, -0.25) is 4.79 Å². The van der Waals surface area contributed by atoms with Gasteiger partial charge in [0.15, 0.2) is 0 Å². The van der Waals surface area contributed by atoms with Gasteiger partial charge in [-0.15, -0.1) is 0 Å². The molecule has 4 nitrogen and oxygen atoms in total. The van der Waals surface area contributed by atoms with Gasteiger partial charge in [0.05, 0.1) is 5.54 Å². The Labute approximate surface area is 169 Å². The second-order valence-corrected chi connectivity index (χ2v) is 8.08. The molecule has 0 spiro atoms. The first-order chi connectivity index (χ1) is 13.5. The fourth-order valence-corrected chi connectivity index (χ4v) is 4.87. The predicted molar refractivity (Wildman–Crippen MR) is 115 cm³/mol. The Morgan fingerprint density at radius 3 is 2.96 bits per heavy atom. The highest BCUT2D eigenvalue weighted by Crippen LogP contribution is 2.49. The number of carbonyl (C=O) groups is 1. The molecule has 2 aliphatic carbocycles. The average Bonchev–Trinajstić information content (AvgIpc) is 2.63. The first-order valence-corrected chi connectivity index (χ1v) is 10.6. The molecule has 0 aromatic rings. The Hall–Kier alpha value is -2.07. The van der Waals surface area contributed by atoms with E-state index in [1.165, 1.54) is 22.4 Å². The first kappa shape index (κ1) is 20.7. The molecule has 0 saturated carbocycles. The number of fused-ring (bicyclic) bond motifs is 3. The molecule has 0 saturated heterocycles. The molecular weight excluding hydrogens is 348 g/mol. The summed E-state index contributed by atoms with van der Waals surface area (Å²) >= 11 is 0. The quantitative estimate of drug-likeness (QED) is 0.473. The highest BCUT2D eigenvalue weighted by Gasteiger charge is 2.48. The maximum Gasteiger partial charge on any atom is 0.220 e. The van der Waals surface area contributed by atoms with Crippen molar-refractivity contribution in [1.29, 1.82) is 0 Å². The molecule has 1 aliphatic heterocycles. The maximum atomic E-state index is 12.9. The zero-order valence-corrected chi connectivity index (χ0v) is 17.6. The molecular formula is C24H34N2O2. The highest BCUT2D eigenvalue weighted by molar-refractivity contribution is 5.79. The topological polar surface area (TPSA) is 50.4 Å². The van der Waals surface area contributed by atoms with Crippen molar-refractivity contribution in [3.63, 3.8) is 0 Å². The minimum Gasteiger partial charge on any atom is -0.382 e. The third kappa shape index (κ3) is 4.17. The van der Waals surface area contributed by atoms with Crippen LogP contribution >= 0.6 is 0 Å². The van der Waals surface area contributed by atoms with E-state index in [1.54, 1.807) is 0 Å². The molecule has 0 aromatic carbocycles. The second kappa shape index (κ2) is 8.95. The summed E-state index contributed by atoms with van der Waals surface area (Å²) in [4.78, 5) is 12.9. The standard InChI is InChI=1S/C24H34N2O2/c1-5-20-19-14-17(3)16-24(20,21-12-11-18(4)25-22(21)15-19)26-23(27)10-8-7-9-13-28-6-2/h5,11-12,14,19,25H,4,6-10,13,15-16H2,1-3H3,(H,26,27)/b20-5+. The van der Waals surface area contributed by atoms with Crippen molar-refractivity contribution in [2.75, 3.05) is 13.2 Å². The molecule has 1 heterocycles. The molecule has 152 valence electrons. The molecule has 2 unspecified atom stereocenters. The molecule has 2 atom stereocenters. The zero-order chi connectivity index (χ0) is 20.1. The van der Waals surface area contributed by atoms with Crippen molar-refractivity contribution in [2.24, 2.45) is 5.92 Å². The summed E-state index contributed by atoms with van der Waals surface area (Å²) < 4.78 is 5.38. The van der Waals surface area contributed by atoms with Crippen LogP contribution in [-0.4, -0.2) is 24.7 Å². The number of unbranched alkanes of at least 4 members (excludes halogenated alkanes) is 2. The number of amides is 1. The summed E-state index contributed by atoms with van der Waals surface area (Å²) in [6.07, 6.45) is 14.0. The number of hydrogen-bond acceptors (Lipinski definition) is 3. The van der Waals surface area contributed by atoms with Crippen LogP contribution in [0.5, 0.6) is 0 Å². The lowest BCUT2D eigenvalue weighted by Crippen LogP contribution is -2.57. The zero-order valence-electron chi connectivity index (χ0n) is 17.6. The Morgan fingerprint density at radius 1 is 1.39 bits per heavy atom. The van der Waals surface area contributed by atoms with Crippen molar-refractivity contribution in [1.82, 2.24) is 10.6 Å². The van der Waals surface area contributed by atoms with Gasteiger partial charge in [0.2, 0.25) is 5.91 Å². The highest BCUT2D eigenvalue weighted by atomic mass is 16.5. The monoisotopic (exact) mass is 382 g/mol. The van der Waals surface area contributed by atoms with E-state index >= 15 is 0 Å². The molecule has 0 fully saturated rings. The molecule has 0 aromatic heterocycles. The van der Waals surface area contributed by atoms with Gasteiger partial charge in [-0.1, -0.05) is 36.8 Å². The van der Waals surface area contributed by atoms with Crippen LogP contribution in [0.1, 0.15) is 59.3 Å². The molecule has 28 heavy (non-hydrogen) atoms. The van der Waals surface area contributed by atoms with Gasteiger partial charge in [0.25, 0.3) is 0 Å². The number of dihydropyridines is 1. The Kier molecular flexibility index (Phi) is 6.61. The van der Waals surface area contributed by atoms with E-state index in [9.17, 15) is 4.79 Å². The van der Waals surface area contributed by atoms with E-state index in [0.29, 0.717) is 12.3 Å². The second-order valence-electron chi connectivity index (χ2n) is 8.08. The number of rotatable bonds is 8. The van der Waals surface area contributed by atoms with Gasteiger partial charge in [0.1, 0.15) is 0 Å². The lowest BCUT2D eigenvalue weighted by Gasteiger charge is -2.49. The van der Waals surface area contributed by atoms with Crippen molar-refractivity contribution in [3.05, 3.63) is 59.0 Å². The summed E-state index contributed by atoms with van der Waals surface area (Å²) in [5, 5.41) is 6.91. The Balaban J connectivity index is 1.77. The number of nitrogens with one attached hydrogen (secondary N) is 2. The summed E-state index contributed by atoms with van der Waals surface area (Å²) in [7, 11) is 0. The Bertz CT molecular complexity index is 757. The molecule has 1 amide bonds. The number of ether oxygens (including phenoxy) is 1. The predicted octanol–water partition coefficient (Wildman–Crippen LogP) is 4.68. The van der Waals surface area contributed by atoms with E-state index in [2.05, 4.69) is 49.3 Å². The molecule has 2 bridgehead atoms. The van der Waals surface area contributed by atoms with Crippen LogP contribution in [0.25, 0.3) is 0 Å². The fourth-order valence-electron chi connectivity index (χ4n) is 4.87. The number of carbonyl (C=O) groups excluding carboxylic acids is 1. The molecule has 4 heteroatoms. The van der Waals surface area contributed by atoms with E-state index in [0.717, 1.165) is 51.0 Å². The number of allylic oxidation sites excluding steroid dienone is 4. The normalized spacial score (nSPS) is 27.4. The van der Waals surface area contributed by atoms with E-state index in [-0.39, 0.29) is 5.91 Å². The maximum absolute atomic E-state index is 12.9. The van der Waals surface area contributed by atoms with E-state index in [4.69, 9.17) is 4.74 Å². The van der Waals surface area contributed by atoms with Crippen LogP contribution in [0.3, 0.4) is 0 Å². The van der Waals surface area contributed by atoms with Crippen LogP contribution in [0.15, 0.2) is 59.0 Å². The molecule has 0 radical (unpaired) electrons. The first-order valence-electron chi connectivity index (χ1n) is 10.6. The van der Waals surface area contributed by atoms with Crippen LogP contribution in [0, 0.1) is 5.92 Å². The fraction of sp³-hybridized carbons (Fsp3) is 0.542. The summed E-state index contributed by atoms with van der Waals surface area (Å²) in [6.45, 7) is 11.9. The molecule has 3 aliphatic rings. The van der Waals surface area contributed by atoms with Gasteiger partial charge < -0.3 is 15.4 Å². The largest absolute Gasteiger partial charge is 0.382 e. The third-order valence-corrected chi connectivity index (χ3v) is 5.95. The Morgan fingerprint density at radius 2 is 2.21 bits per heavy atom. The average molecular weight is 383 g/mol. The van der Waals surface area contributed by atoms with Crippen LogP contribution in [0.4, 0.5) is 0 Å². The molecule has 3 rings (SSSR count). The van der Waals surface area contributed by atoms with Gasteiger partial charge in [-0.05, 0) is 58.1 Å². The molecule has 2 N–H and O–H groups in total. The SMILES string of the molecule is C=C1C=CC2=C(CC3C=C(C)CC2(NC(=O)CCCCCOCC)/C3=C/C)N1. The van der Waals surface area contributed by atoms with Gasteiger partial charge in [0, 0.05) is 42.5 Å². The minimum absolute atomic E-state index is 0.135. The number of hydrogen-bond donors (Lipinski definition) is 2. The van der Waals surface area contributed by atoms with Gasteiger partial charge in [-0.2, -0.15) is 0 Å². The van der Waals surface area contributed by atoms with Crippen LogP contribution in [0.2, 0.25) is 0 Å². The summed E-state index contributed by atoms with van der Waals surface area (Å²) in [6, 6.07) is 0. The van der Waals surface area contributed by atoms with Crippen molar-refractivity contribution < 1.29 is 9.53 Å². The van der Waals surface area contributed by atoms with E-state index in [1.807, 2.05) is 13.0 Å². The van der Waals surface area contributed by atoms with Crippen LogP contribution in [-0.2, 0) is 9.53 Å². The van der Waals surface area contributed by atoms with Crippen LogP contribution < -0.4 is 10.6 Å². The van der Waals surface area contributed by atoms with Crippen molar-refractivity contribution in [3.8, 4) is 0 Å². The van der Waals surface area contributed by atoms with Gasteiger partial charge in [-0.25, -0.2) is 0 Å². The van der Waals surface area contributed by atoms with Crippen molar-refractivity contribution in [2.45, 2.75) is 64.8 Å². The smallest absolute Gasteiger partial charge is 0.220 e. The summed E-state index contributed by atoms with van der Waals surface area (Å²) in [5.74, 6) is 0.464.